The molecule has 2 aromatic heterocycles. The molecule has 5 rings (SSSR count). The summed E-state index contributed by atoms with van der Waals surface area (Å²) in [6.07, 6.45) is 4.19. The quantitative estimate of drug-likeness (QED) is 0.147. The number of carbonyl (C=O) groups excluding carboxylic acids is 1. The lowest BCUT2D eigenvalue weighted by Gasteiger charge is -2.29. The van der Waals surface area contributed by atoms with Gasteiger partial charge < -0.3 is 30.2 Å². The molecular formula is C38H46FN7O2. The van der Waals surface area contributed by atoms with Crippen LogP contribution in [0.4, 0.5) is 15.9 Å². The number of halogens is 1. The SMILES string of the molecule is CCc1cc(OCC(C)(C)CN(C)C)c(F)c(C(Nc2ccc3c(N)nccc3c2)c2nc(-c3ccccc3)cn2CC(=O)N(C)C)c1. The first kappa shape index (κ1) is 34.4. The van der Waals surface area contributed by atoms with E-state index in [1.54, 1.807) is 26.4 Å². The Bertz CT molecular complexity index is 1890. The fraction of sp³-hybridized carbons (Fsp3) is 0.342. The highest BCUT2D eigenvalue weighted by Gasteiger charge is 2.29. The predicted octanol–water partition coefficient (Wildman–Crippen LogP) is 6.64. The van der Waals surface area contributed by atoms with E-state index >= 15 is 4.39 Å². The Balaban J connectivity index is 1.68. The molecule has 1 unspecified atom stereocenters. The molecule has 5 aromatic rings. The van der Waals surface area contributed by atoms with Gasteiger partial charge in [0, 0.05) is 60.6 Å². The average Bonchev–Trinajstić information content (AvgIpc) is 3.46. The predicted molar refractivity (Wildman–Crippen MR) is 192 cm³/mol. The smallest absolute Gasteiger partial charge is 0.242 e. The molecule has 0 aliphatic rings. The van der Waals surface area contributed by atoms with E-state index in [0.717, 1.165) is 34.1 Å². The summed E-state index contributed by atoms with van der Waals surface area (Å²) in [5, 5.41) is 5.28. The molecule has 0 aliphatic heterocycles. The molecule has 1 amide bonds. The number of nitrogen functional groups attached to an aromatic ring is 1. The largest absolute Gasteiger partial charge is 0.490 e. The van der Waals surface area contributed by atoms with Crippen LogP contribution in [0.2, 0.25) is 0 Å². The zero-order valence-electron chi connectivity index (χ0n) is 28.9. The maximum absolute atomic E-state index is 16.9. The summed E-state index contributed by atoms with van der Waals surface area (Å²) in [6, 6.07) is 20.2. The monoisotopic (exact) mass is 651 g/mol. The van der Waals surface area contributed by atoms with Gasteiger partial charge in [0.15, 0.2) is 11.6 Å². The number of nitrogens with two attached hydrogens (primary N) is 1. The topological polar surface area (TPSA) is 102 Å². The number of hydrogen-bond acceptors (Lipinski definition) is 7. The molecule has 0 spiro atoms. The molecule has 48 heavy (non-hydrogen) atoms. The number of nitrogens with zero attached hydrogens (tertiary/aromatic N) is 5. The molecule has 0 radical (unpaired) electrons. The maximum Gasteiger partial charge on any atom is 0.242 e. The highest BCUT2D eigenvalue weighted by Crippen LogP contribution is 2.36. The molecule has 0 saturated carbocycles. The van der Waals surface area contributed by atoms with E-state index in [1.165, 1.54) is 4.90 Å². The van der Waals surface area contributed by atoms with Crippen LogP contribution >= 0.6 is 0 Å². The molecule has 0 saturated heterocycles. The second kappa shape index (κ2) is 14.4. The molecule has 1 atom stereocenters. The summed E-state index contributed by atoms with van der Waals surface area (Å²) < 4.78 is 25.0. The van der Waals surface area contributed by atoms with Crippen molar-refractivity contribution in [3.05, 3.63) is 102 Å². The molecule has 0 bridgehead atoms. The van der Waals surface area contributed by atoms with Crippen LogP contribution in [0.1, 0.15) is 43.8 Å². The fourth-order valence-corrected chi connectivity index (χ4v) is 5.93. The minimum atomic E-state index is -0.794. The van der Waals surface area contributed by atoms with Gasteiger partial charge in [-0.3, -0.25) is 4.79 Å². The van der Waals surface area contributed by atoms with Crippen molar-refractivity contribution in [3.8, 4) is 17.0 Å². The van der Waals surface area contributed by atoms with Crippen LogP contribution in [0.3, 0.4) is 0 Å². The van der Waals surface area contributed by atoms with Crippen molar-refractivity contribution in [2.45, 2.75) is 39.8 Å². The van der Waals surface area contributed by atoms with Crippen LogP contribution in [-0.2, 0) is 17.8 Å². The lowest BCUT2D eigenvalue weighted by atomic mass is 9.94. The van der Waals surface area contributed by atoms with Gasteiger partial charge in [0.25, 0.3) is 0 Å². The number of ether oxygens (including phenoxy) is 1. The molecule has 3 aromatic carbocycles. The number of hydrogen-bond donors (Lipinski definition) is 2. The van der Waals surface area contributed by atoms with Gasteiger partial charge >= 0.3 is 0 Å². The van der Waals surface area contributed by atoms with Gasteiger partial charge in [0.1, 0.15) is 24.2 Å². The van der Waals surface area contributed by atoms with Gasteiger partial charge in [0.05, 0.1) is 12.3 Å². The van der Waals surface area contributed by atoms with Crippen molar-refractivity contribution < 1.29 is 13.9 Å². The summed E-state index contributed by atoms with van der Waals surface area (Å²) >= 11 is 0. The van der Waals surface area contributed by atoms with Crippen molar-refractivity contribution in [2.24, 2.45) is 5.41 Å². The van der Waals surface area contributed by atoms with Crippen molar-refractivity contribution >= 4 is 28.2 Å². The van der Waals surface area contributed by atoms with Gasteiger partial charge in [-0.05, 0) is 61.8 Å². The Morgan fingerprint density at radius 1 is 1.06 bits per heavy atom. The molecule has 3 N–H and O–H groups in total. The molecule has 0 fully saturated rings. The Morgan fingerprint density at radius 3 is 2.50 bits per heavy atom. The summed E-state index contributed by atoms with van der Waals surface area (Å²) in [5.74, 6) is 0.516. The Kier molecular flexibility index (Phi) is 10.3. The summed E-state index contributed by atoms with van der Waals surface area (Å²) in [4.78, 5) is 26.0. The van der Waals surface area contributed by atoms with E-state index in [9.17, 15) is 4.79 Å². The van der Waals surface area contributed by atoms with E-state index in [4.69, 9.17) is 15.5 Å². The minimum absolute atomic E-state index is 0.0252. The zero-order chi connectivity index (χ0) is 34.6. The van der Waals surface area contributed by atoms with Gasteiger partial charge in [-0.1, -0.05) is 57.2 Å². The number of amides is 1. The summed E-state index contributed by atoms with van der Waals surface area (Å²) in [5.41, 5.74) is 9.50. The summed E-state index contributed by atoms with van der Waals surface area (Å²) in [6.45, 7) is 7.37. The molecular weight excluding hydrogens is 605 g/mol. The summed E-state index contributed by atoms with van der Waals surface area (Å²) in [7, 11) is 7.46. The first-order valence-electron chi connectivity index (χ1n) is 16.2. The number of rotatable bonds is 13. The third-order valence-electron chi connectivity index (χ3n) is 8.25. The zero-order valence-corrected chi connectivity index (χ0v) is 28.9. The highest BCUT2D eigenvalue weighted by molar-refractivity contribution is 5.93. The Labute approximate surface area is 282 Å². The van der Waals surface area contributed by atoms with Crippen LogP contribution in [-0.4, -0.2) is 71.6 Å². The Morgan fingerprint density at radius 2 is 1.81 bits per heavy atom. The van der Waals surface area contributed by atoms with E-state index < -0.39 is 11.9 Å². The maximum atomic E-state index is 16.9. The van der Waals surface area contributed by atoms with E-state index in [-0.39, 0.29) is 23.6 Å². The standard InChI is InChI=1S/C38H46FN7O2/c1-8-25-18-30(34(39)32(19-25)48-24-38(2,3)23-44(4)5)35(42-28-14-15-29-27(20-28)16-17-41-36(29)40)37-43-31(26-12-10-9-11-13-26)21-46(37)22-33(47)45(6)7/h9-21,35,42H,8,22-24H2,1-7H3,(H2,40,41). The van der Waals surface area contributed by atoms with Crippen LogP contribution < -0.4 is 15.8 Å². The fourth-order valence-electron chi connectivity index (χ4n) is 5.93. The lowest BCUT2D eigenvalue weighted by molar-refractivity contribution is -0.129. The van der Waals surface area contributed by atoms with Crippen molar-refractivity contribution in [3.63, 3.8) is 0 Å². The lowest BCUT2D eigenvalue weighted by Crippen LogP contribution is -2.33. The number of fused-ring (bicyclic) bond motifs is 1. The first-order valence-corrected chi connectivity index (χ1v) is 16.2. The van der Waals surface area contributed by atoms with Crippen LogP contribution in [0.15, 0.2) is 79.1 Å². The van der Waals surface area contributed by atoms with Crippen LogP contribution in [0.25, 0.3) is 22.0 Å². The van der Waals surface area contributed by atoms with Crippen molar-refractivity contribution in [2.75, 3.05) is 52.4 Å². The molecule has 252 valence electrons. The van der Waals surface area contributed by atoms with E-state index in [2.05, 4.69) is 29.0 Å². The number of aryl methyl sites for hydroxylation is 1. The highest BCUT2D eigenvalue weighted by atomic mass is 19.1. The number of aromatic nitrogens is 3. The number of anilines is 2. The third kappa shape index (κ3) is 7.94. The first-order chi connectivity index (χ1) is 22.8. The number of pyridine rings is 1. The van der Waals surface area contributed by atoms with Crippen LogP contribution in [0, 0.1) is 11.2 Å². The van der Waals surface area contributed by atoms with Crippen molar-refractivity contribution in [1.82, 2.24) is 24.3 Å². The number of nitrogens with one attached hydrogen (secondary N) is 1. The third-order valence-corrected chi connectivity index (χ3v) is 8.25. The molecule has 10 heteroatoms. The van der Waals surface area contributed by atoms with E-state index in [1.807, 2.05) is 92.4 Å². The number of benzene rings is 3. The molecule has 2 heterocycles. The van der Waals surface area contributed by atoms with Gasteiger partial charge in [-0.25, -0.2) is 14.4 Å². The van der Waals surface area contributed by atoms with Crippen LogP contribution in [0.5, 0.6) is 5.75 Å². The second-order valence-corrected chi connectivity index (χ2v) is 13.5. The van der Waals surface area contributed by atoms with Gasteiger partial charge in [-0.15, -0.1) is 0 Å². The van der Waals surface area contributed by atoms with Gasteiger partial charge in [0.2, 0.25) is 5.91 Å². The normalized spacial score (nSPS) is 12.4. The van der Waals surface area contributed by atoms with E-state index in [0.29, 0.717) is 35.9 Å². The van der Waals surface area contributed by atoms with Crippen molar-refractivity contribution in [1.29, 1.82) is 0 Å². The minimum Gasteiger partial charge on any atom is -0.490 e. The molecule has 9 nitrogen and oxygen atoms in total. The Hall–Kier alpha value is -4.96. The second-order valence-electron chi connectivity index (χ2n) is 13.5. The number of imidazole rings is 1. The molecule has 0 aliphatic carbocycles. The average molecular weight is 652 g/mol. The number of carbonyl (C=O) groups is 1. The number of likely N-dealkylation sites (N-methyl/N-ethyl adjacent to an activating group) is 1. The van der Waals surface area contributed by atoms with Gasteiger partial charge in [-0.2, -0.15) is 0 Å².